The van der Waals surface area contributed by atoms with Crippen molar-refractivity contribution in [3.63, 3.8) is 0 Å². The monoisotopic (exact) mass is 768 g/mol. The molecule has 0 aliphatic heterocycles. The number of aryl methyl sites for hydroxylation is 1. The van der Waals surface area contributed by atoms with Crippen molar-refractivity contribution in [1.29, 1.82) is 0 Å². The second kappa shape index (κ2) is 16.1. The van der Waals surface area contributed by atoms with Gasteiger partial charge in [0, 0.05) is 58.5 Å². The van der Waals surface area contributed by atoms with Crippen molar-refractivity contribution >= 4 is 60.9 Å². The molecule has 54 heavy (non-hydrogen) atoms. The lowest BCUT2D eigenvalue weighted by Gasteiger charge is -2.12. The fourth-order valence-electron chi connectivity index (χ4n) is 5.20. The van der Waals surface area contributed by atoms with Gasteiger partial charge in [-0.25, -0.2) is 0 Å². The summed E-state index contributed by atoms with van der Waals surface area (Å²) in [6.45, 7) is 1.70. The van der Waals surface area contributed by atoms with Crippen molar-refractivity contribution in [3.8, 4) is 22.3 Å². The highest BCUT2D eigenvalue weighted by Crippen LogP contribution is 2.32. The molecule has 0 fully saturated rings. The third-order valence-electron chi connectivity index (χ3n) is 7.89. The Morgan fingerprint density at radius 2 is 0.926 bits per heavy atom. The molecule has 276 valence electrons. The lowest BCUT2D eigenvalue weighted by atomic mass is 10.0. The highest BCUT2D eigenvalue weighted by Gasteiger charge is 2.20. The first-order chi connectivity index (χ1) is 25.5. The number of hydrogen-bond acceptors (Lipinski definition) is 8. The number of likely N-dealkylation sites (N-methyl/N-ethyl adjacent to an activating group) is 1. The summed E-state index contributed by atoms with van der Waals surface area (Å²) in [6.07, 6.45) is 2.11. The van der Waals surface area contributed by atoms with E-state index in [0.29, 0.717) is 33.6 Å². The van der Waals surface area contributed by atoms with Crippen LogP contribution in [0.1, 0.15) is 26.3 Å². The van der Waals surface area contributed by atoms with Crippen molar-refractivity contribution in [2.75, 3.05) is 23.0 Å². The molecule has 16 heteroatoms. The van der Waals surface area contributed by atoms with Crippen molar-refractivity contribution in [2.45, 2.75) is 16.7 Å². The van der Waals surface area contributed by atoms with Gasteiger partial charge in [-0.1, -0.05) is 42.5 Å². The van der Waals surface area contributed by atoms with E-state index in [1.54, 1.807) is 43.3 Å². The number of carbonyl (C=O) groups excluding carboxylic acids is 4. The van der Waals surface area contributed by atoms with Crippen LogP contribution in [0.4, 0.5) is 17.1 Å². The molecule has 0 bridgehead atoms. The summed E-state index contributed by atoms with van der Waals surface area (Å²) in [5.74, 6) is -2.14. The summed E-state index contributed by atoms with van der Waals surface area (Å²) >= 11 is 0. The van der Waals surface area contributed by atoms with E-state index in [9.17, 15) is 45.1 Å². The van der Waals surface area contributed by atoms with E-state index < -0.39 is 48.8 Å². The van der Waals surface area contributed by atoms with Crippen LogP contribution in [0.5, 0.6) is 0 Å². The van der Waals surface area contributed by atoms with Gasteiger partial charge in [-0.2, -0.15) is 16.8 Å². The van der Waals surface area contributed by atoms with Gasteiger partial charge >= 0.3 is 0 Å². The Morgan fingerprint density at radius 1 is 0.519 bits per heavy atom. The largest absolute Gasteiger partial charge is 0.356 e. The number of carbonyl (C=O) groups is 4. The molecule has 14 nitrogen and oxygen atoms in total. The fourth-order valence-corrected chi connectivity index (χ4v) is 6.74. The maximum Gasteiger partial charge on any atom is 0.295 e. The quantitative estimate of drug-likeness (QED) is 0.0724. The third-order valence-corrected chi connectivity index (χ3v) is 9.68. The van der Waals surface area contributed by atoms with E-state index in [0.717, 1.165) is 18.2 Å². The van der Waals surface area contributed by atoms with Crippen LogP contribution in [0.3, 0.4) is 0 Å². The minimum Gasteiger partial charge on any atom is -0.356 e. The topological polar surface area (TPSA) is 225 Å². The molecule has 0 heterocycles. The Labute approximate surface area is 310 Å². The Hall–Kier alpha value is -6.46. The van der Waals surface area contributed by atoms with E-state index in [1.807, 2.05) is 0 Å². The van der Waals surface area contributed by atoms with Gasteiger partial charge in [0.1, 0.15) is 9.79 Å². The van der Waals surface area contributed by atoms with Crippen molar-refractivity contribution < 1.29 is 45.1 Å². The van der Waals surface area contributed by atoms with Gasteiger partial charge in [0.2, 0.25) is 11.8 Å². The molecule has 0 saturated carbocycles. The van der Waals surface area contributed by atoms with E-state index in [1.165, 1.54) is 73.8 Å². The van der Waals surface area contributed by atoms with Crippen LogP contribution in [0.15, 0.2) is 131 Å². The lowest BCUT2D eigenvalue weighted by molar-refractivity contribution is -0.117. The number of amides is 4. The predicted octanol–water partition coefficient (Wildman–Crippen LogP) is 5.57. The normalized spacial score (nSPS) is 11.5. The molecule has 0 atom stereocenters. The smallest absolute Gasteiger partial charge is 0.295 e. The van der Waals surface area contributed by atoms with Crippen LogP contribution < -0.4 is 21.3 Å². The molecule has 4 amide bonds. The van der Waals surface area contributed by atoms with E-state index in [2.05, 4.69) is 21.3 Å². The highest BCUT2D eigenvalue weighted by molar-refractivity contribution is 7.86. The van der Waals surface area contributed by atoms with Gasteiger partial charge in [-0.05, 0) is 90.3 Å². The van der Waals surface area contributed by atoms with E-state index in [-0.39, 0.29) is 27.3 Å². The number of benzene rings is 5. The van der Waals surface area contributed by atoms with Crippen molar-refractivity contribution in [2.24, 2.45) is 0 Å². The molecule has 6 N–H and O–H groups in total. The summed E-state index contributed by atoms with van der Waals surface area (Å²) in [5.41, 5.74) is 3.12. The summed E-state index contributed by atoms with van der Waals surface area (Å²) in [7, 11) is -7.82. The first-order valence-electron chi connectivity index (χ1n) is 15.9. The molecule has 0 aliphatic rings. The number of rotatable bonds is 11. The highest BCUT2D eigenvalue weighted by atomic mass is 32.2. The molecule has 0 aromatic heterocycles. The minimum atomic E-state index is -4.77. The zero-order valence-electron chi connectivity index (χ0n) is 28.5. The summed E-state index contributed by atoms with van der Waals surface area (Å²) in [5, 5.41) is 10.2. The van der Waals surface area contributed by atoms with Crippen LogP contribution in [0.25, 0.3) is 22.3 Å². The molecular weight excluding hydrogens is 737 g/mol. The molecule has 0 aliphatic carbocycles. The number of nitrogens with one attached hydrogen (secondary N) is 4. The van der Waals surface area contributed by atoms with Crippen LogP contribution in [0.2, 0.25) is 0 Å². The molecule has 0 radical (unpaired) electrons. The average Bonchev–Trinajstić information content (AvgIpc) is 3.14. The van der Waals surface area contributed by atoms with Crippen LogP contribution in [0, 0.1) is 6.92 Å². The van der Waals surface area contributed by atoms with Gasteiger partial charge < -0.3 is 21.3 Å². The van der Waals surface area contributed by atoms with Gasteiger partial charge in [-0.3, -0.25) is 28.3 Å². The standard InChI is InChI=1S/C38H32N4O10S2/c1-23-3-17-31(33(21-23)53(47,48)49)24-10-14-29(15-11-24)41-37(45)26-4-6-27(7-5-26)38(46)42-30-16-18-32(34(22-30)54(50,51)52)25-8-12-28(13-9-25)40-36(44)20-19-35(43)39-2/h3-22H,1-2H3,(H,39,43)(H,40,44)(H,41,45)(H,42,46)(H,47,48,49)(H,50,51,52)/b20-19+. The zero-order valence-corrected chi connectivity index (χ0v) is 30.2. The van der Waals surface area contributed by atoms with Crippen molar-refractivity contribution in [1.82, 2.24) is 5.32 Å². The number of anilines is 3. The summed E-state index contributed by atoms with van der Waals surface area (Å²) in [4.78, 5) is 48.6. The maximum atomic E-state index is 13.0. The van der Waals surface area contributed by atoms with Gasteiger partial charge in [0.25, 0.3) is 32.1 Å². The van der Waals surface area contributed by atoms with E-state index >= 15 is 0 Å². The van der Waals surface area contributed by atoms with Crippen LogP contribution >= 0.6 is 0 Å². The van der Waals surface area contributed by atoms with Crippen molar-refractivity contribution in [3.05, 3.63) is 138 Å². The lowest BCUT2D eigenvalue weighted by Crippen LogP contribution is -2.16. The van der Waals surface area contributed by atoms with Crippen LogP contribution in [-0.4, -0.2) is 56.6 Å². The molecule has 5 aromatic rings. The molecular formula is C38H32N4O10S2. The first kappa shape index (κ1) is 38.8. The van der Waals surface area contributed by atoms with Gasteiger partial charge in [0.15, 0.2) is 0 Å². The molecule has 5 rings (SSSR count). The zero-order chi connectivity index (χ0) is 39.2. The number of hydrogen-bond donors (Lipinski definition) is 6. The molecule has 5 aromatic carbocycles. The molecule has 0 unspecified atom stereocenters. The first-order valence-corrected chi connectivity index (χ1v) is 18.7. The minimum absolute atomic E-state index is 0.0581. The third kappa shape index (κ3) is 9.69. The Balaban J connectivity index is 1.25. The van der Waals surface area contributed by atoms with E-state index in [4.69, 9.17) is 0 Å². The van der Waals surface area contributed by atoms with Crippen LogP contribution in [-0.2, 0) is 29.8 Å². The Kier molecular flexibility index (Phi) is 11.5. The fraction of sp³-hybridized carbons (Fsp3) is 0.0526. The Morgan fingerprint density at radius 3 is 1.41 bits per heavy atom. The summed E-state index contributed by atoms with van der Waals surface area (Å²) < 4.78 is 68.2. The van der Waals surface area contributed by atoms with Gasteiger partial charge in [0.05, 0.1) is 0 Å². The maximum absolute atomic E-state index is 13.0. The Bertz CT molecular complexity index is 2520. The molecule has 0 saturated heterocycles. The second-order valence-electron chi connectivity index (χ2n) is 11.7. The predicted molar refractivity (Wildman–Crippen MR) is 202 cm³/mol. The SMILES string of the molecule is CNC(=O)/C=C/C(=O)Nc1ccc(-c2ccc(NC(=O)c3ccc(C(=O)Nc4ccc(-c5ccc(C)cc5S(=O)(=O)O)cc4)cc3)cc2S(=O)(=O)O)cc1. The average molecular weight is 769 g/mol. The second-order valence-corrected chi connectivity index (χ2v) is 14.5. The summed E-state index contributed by atoms with van der Waals surface area (Å²) in [6, 6.07) is 26.6. The van der Waals surface area contributed by atoms with Gasteiger partial charge in [-0.15, -0.1) is 0 Å². The molecule has 0 spiro atoms.